The number of nitrogens with one attached hydrogen (secondary N) is 1. The monoisotopic (exact) mass is 377 g/mol. The van der Waals surface area contributed by atoms with Crippen molar-refractivity contribution < 1.29 is 9.15 Å². The van der Waals surface area contributed by atoms with Crippen LogP contribution in [0.15, 0.2) is 64.0 Å². The van der Waals surface area contributed by atoms with E-state index >= 15 is 0 Å². The van der Waals surface area contributed by atoms with Crippen molar-refractivity contribution in [2.75, 3.05) is 6.61 Å². The highest BCUT2D eigenvalue weighted by atomic mass is 16.5. The van der Waals surface area contributed by atoms with E-state index in [4.69, 9.17) is 9.15 Å². The van der Waals surface area contributed by atoms with Crippen molar-refractivity contribution >= 4 is 11.0 Å². The molecule has 0 aliphatic heterocycles. The Morgan fingerprint density at radius 1 is 0.964 bits per heavy atom. The third-order valence-electron chi connectivity index (χ3n) is 5.52. The maximum absolute atomic E-state index is 13.1. The molecule has 0 unspecified atom stereocenters. The van der Waals surface area contributed by atoms with Gasteiger partial charge in [0.05, 0.1) is 12.9 Å². The second-order valence-electron chi connectivity index (χ2n) is 7.62. The molecule has 0 radical (unpaired) electrons. The second-order valence-corrected chi connectivity index (χ2v) is 7.62. The Kier molecular flexibility index (Phi) is 6.07. The van der Waals surface area contributed by atoms with E-state index in [1.165, 1.54) is 37.7 Å². The summed E-state index contributed by atoms with van der Waals surface area (Å²) < 4.78 is 11.8. The van der Waals surface area contributed by atoms with E-state index in [9.17, 15) is 4.79 Å². The van der Waals surface area contributed by atoms with E-state index in [2.05, 4.69) is 17.4 Å². The van der Waals surface area contributed by atoms with Crippen LogP contribution in [0.3, 0.4) is 0 Å². The largest absolute Gasteiger partial charge is 0.492 e. The van der Waals surface area contributed by atoms with Gasteiger partial charge in [-0.2, -0.15) is 0 Å². The second kappa shape index (κ2) is 9.07. The van der Waals surface area contributed by atoms with E-state index in [0.29, 0.717) is 47.9 Å². The van der Waals surface area contributed by atoms with Gasteiger partial charge in [-0.1, -0.05) is 55.7 Å². The van der Waals surface area contributed by atoms with Gasteiger partial charge in [-0.3, -0.25) is 4.79 Å². The van der Waals surface area contributed by atoms with E-state index in [0.717, 1.165) is 0 Å². The van der Waals surface area contributed by atoms with Crippen molar-refractivity contribution in [2.24, 2.45) is 5.92 Å². The molecule has 4 rings (SSSR count). The quantitative estimate of drug-likeness (QED) is 0.626. The lowest BCUT2D eigenvalue weighted by molar-refractivity contribution is 0.210. The number of hydrogen-bond acceptors (Lipinski definition) is 4. The fourth-order valence-corrected chi connectivity index (χ4v) is 3.92. The van der Waals surface area contributed by atoms with Crippen molar-refractivity contribution in [2.45, 2.75) is 45.2 Å². The molecule has 0 saturated heterocycles. The molecule has 3 aromatic rings. The normalized spacial score (nSPS) is 15.0. The van der Waals surface area contributed by atoms with Crippen LogP contribution in [-0.2, 0) is 13.1 Å². The molecule has 28 heavy (non-hydrogen) atoms. The molecule has 0 atom stereocenters. The van der Waals surface area contributed by atoms with Crippen LogP contribution in [-0.4, -0.2) is 6.61 Å². The summed E-state index contributed by atoms with van der Waals surface area (Å²) in [5, 5.41) is 3.88. The molecule has 1 N–H and O–H groups in total. The Bertz CT molecular complexity index is 958. The number of fused-ring (bicyclic) bond motifs is 1. The van der Waals surface area contributed by atoms with Gasteiger partial charge in [-0.15, -0.1) is 0 Å². The van der Waals surface area contributed by atoms with Crippen LogP contribution in [0.2, 0.25) is 0 Å². The Balaban J connectivity index is 1.49. The first kappa shape index (κ1) is 18.8. The molecule has 1 aromatic heterocycles. The minimum atomic E-state index is -0.0129. The Morgan fingerprint density at radius 3 is 2.61 bits per heavy atom. The molecule has 0 amide bonds. The van der Waals surface area contributed by atoms with Gasteiger partial charge >= 0.3 is 0 Å². The van der Waals surface area contributed by atoms with Crippen LogP contribution in [0, 0.1) is 5.92 Å². The molecule has 1 aliphatic carbocycles. The Labute approximate surface area is 165 Å². The molecule has 1 fully saturated rings. The van der Waals surface area contributed by atoms with Crippen LogP contribution < -0.4 is 15.5 Å². The summed E-state index contributed by atoms with van der Waals surface area (Å²) in [4.78, 5) is 13.1. The standard InChI is InChI=1S/C24H27NO3/c26-24-20(15-25-14-18-8-3-1-4-9-18)17-28-22-13-7-12-21(23(22)24)27-16-19-10-5-2-6-11-19/h1,3-4,7-9,12-13,17,19,25H,2,5-6,10-11,14-16H2. The average Bonchev–Trinajstić information content (AvgIpc) is 2.75. The first-order valence-electron chi connectivity index (χ1n) is 10.2. The van der Waals surface area contributed by atoms with Crippen LogP contribution >= 0.6 is 0 Å². The van der Waals surface area contributed by atoms with Crippen molar-refractivity contribution in [1.82, 2.24) is 5.32 Å². The zero-order valence-corrected chi connectivity index (χ0v) is 16.2. The summed E-state index contributed by atoms with van der Waals surface area (Å²) >= 11 is 0. The predicted octanol–water partition coefficient (Wildman–Crippen LogP) is 5.04. The molecule has 1 saturated carbocycles. The van der Waals surface area contributed by atoms with Crippen LogP contribution in [0.25, 0.3) is 11.0 Å². The summed E-state index contributed by atoms with van der Waals surface area (Å²) in [7, 11) is 0. The SMILES string of the molecule is O=c1c(CNCc2ccccc2)coc2cccc(OCC3CCCCC3)c12. The lowest BCUT2D eigenvalue weighted by atomic mass is 9.90. The molecule has 0 spiro atoms. The third-order valence-corrected chi connectivity index (χ3v) is 5.52. The van der Waals surface area contributed by atoms with Crippen molar-refractivity contribution in [3.05, 3.63) is 76.1 Å². The van der Waals surface area contributed by atoms with E-state index in [1.54, 1.807) is 6.26 Å². The van der Waals surface area contributed by atoms with Gasteiger partial charge in [0.1, 0.15) is 16.7 Å². The summed E-state index contributed by atoms with van der Waals surface area (Å²) in [5.41, 5.74) is 2.38. The van der Waals surface area contributed by atoms with Gasteiger partial charge in [0.25, 0.3) is 0 Å². The van der Waals surface area contributed by atoms with Gasteiger partial charge < -0.3 is 14.5 Å². The van der Waals surface area contributed by atoms with Crippen molar-refractivity contribution in [3.63, 3.8) is 0 Å². The molecule has 4 nitrogen and oxygen atoms in total. The predicted molar refractivity (Wildman–Crippen MR) is 112 cm³/mol. The topological polar surface area (TPSA) is 51.5 Å². The number of hydrogen-bond donors (Lipinski definition) is 1. The minimum Gasteiger partial charge on any atom is -0.492 e. The number of benzene rings is 2. The van der Waals surface area contributed by atoms with Gasteiger partial charge in [0, 0.05) is 18.7 Å². The maximum Gasteiger partial charge on any atom is 0.200 e. The Hall–Kier alpha value is -2.59. The fraction of sp³-hybridized carbons (Fsp3) is 0.375. The minimum absolute atomic E-state index is 0.0129. The highest BCUT2D eigenvalue weighted by Gasteiger charge is 2.16. The molecule has 0 bridgehead atoms. The van der Waals surface area contributed by atoms with Crippen LogP contribution in [0.1, 0.15) is 43.2 Å². The lowest BCUT2D eigenvalue weighted by Crippen LogP contribution is -2.20. The van der Waals surface area contributed by atoms with Gasteiger partial charge in [0.15, 0.2) is 0 Å². The molecule has 1 heterocycles. The zero-order valence-electron chi connectivity index (χ0n) is 16.2. The van der Waals surface area contributed by atoms with Gasteiger partial charge in [-0.25, -0.2) is 0 Å². The third kappa shape index (κ3) is 4.45. The van der Waals surface area contributed by atoms with Crippen LogP contribution in [0.5, 0.6) is 5.75 Å². The van der Waals surface area contributed by atoms with Gasteiger partial charge in [-0.05, 0) is 36.5 Å². The number of rotatable bonds is 7. The summed E-state index contributed by atoms with van der Waals surface area (Å²) in [6.45, 7) is 1.84. The highest BCUT2D eigenvalue weighted by Crippen LogP contribution is 2.27. The highest BCUT2D eigenvalue weighted by molar-refractivity contribution is 5.83. The van der Waals surface area contributed by atoms with Crippen molar-refractivity contribution in [3.8, 4) is 5.75 Å². The fourth-order valence-electron chi connectivity index (χ4n) is 3.92. The summed E-state index contributed by atoms with van der Waals surface area (Å²) in [6.07, 6.45) is 7.88. The summed E-state index contributed by atoms with van der Waals surface area (Å²) in [5.74, 6) is 1.23. The zero-order chi connectivity index (χ0) is 19.2. The van der Waals surface area contributed by atoms with E-state index in [1.807, 2.05) is 36.4 Å². The molecular formula is C24H27NO3. The molecule has 2 aromatic carbocycles. The number of ether oxygens (including phenoxy) is 1. The smallest absolute Gasteiger partial charge is 0.200 e. The van der Waals surface area contributed by atoms with Crippen molar-refractivity contribution in [1.29, 1.82) is 0 Å². The first-order chi connectivity index (χ1) is 13.8. The summed E-state index contributed by atoms with van der Waals surface area (Å²) in [6, 6.07) is 15.7. The molecule has 4 heteroatoms. The average molecular weight is 377 g/mol. The van der Waals surface area contributed by atoms with E-state index in [-0.39, 0.29) is 5.43 Å². The molecule has 1 aliphatic rings. The lowest BCUT2D eigenvalue weighted by Gasteiger charge is -2.22. The Morgan fingerprint density at radius 2 is 1.79 bits per heavy atom. The van der Waals surface area contributed by atoms with Crippen LogP contribution in [0.4, 0.5) is 0 Å². The maximum atomic E-state index is 13.1. The molecule has 146 valence electrons. The molecular weight excluding hydrogens is 350 g/mol. The van der Waals surface area contributed by atoms with E-state index < -0.39 is 0 Å². The first-order valence-corrected chi connectivity index (χ1v) is 10.2. The van der Waals surface area contributed by atoms with Gasteiger partial charge in [0.2, 0.25) is 5.43 Å².